The van der Waals surface area contributed by atoms with Gasteiger partial charge in [0.1, 0.15) is 12.4 Å². The molecule has 0 saturated carbocycles. The topological polar surface area (TPSA) is 56.0 Å². The SMILES string of the molecule is CC(C)(C)n1c(=O)c2ccc(F)cc2n1CC(=O)Nc1ccc(Cl)cc1. The van der Waals surface area contributed by atoms with Gasteiger partial charge in [-0.2, -0.15) is 0 Å². The lowest BCUT2D eigenvalue weighted by atomic mass is 10.1. The lowest BCUT2D eigenvalue weighted by Crippen LogP contribution is -2.38. The van der Waals surface area contributed by atoms with Gasteiger partial charge < -0.3 is 5.32 Å². The third kappa shape index (κ3) is 3.51. The smallest absolute Gasteiger partial charge is 0.275 e. The molecule has 0 saturated heterocycles. The van der Waals surface area contributed by atoms with Crippen LogP contribution in [0.1, 0.15) is 20.8 Å². The number of hydrogen-bond donors (Lipinski definition) is 1. The molecule has 3 aromatic rings. The van der Waals surface area contributed by atoms with Crippen LogP contribution in [0, 0.1) is 5.82 Å². The van der Waals surface area contributed by atoms with Crippen molar-refractivity contribution in [2.45, 2.75) is 32.9 Å². The fraction of sp³-hybridized carbons (Fsp3) is 0.263. The van der Waals surface area contributed by atoms with E-state index in [9.17, 15) is 14.0 Å². The zero-order chi connectivity index (χ0) is 19.1. The lowest BCUT2D eigenvalue weighted by Gasteiger charge is -2.24. The molecule has 0 fully saturated rings. The van der Waals surface area contributed by atoms with Crippen LogP contribution in [0.3, 0.4) is 0 Å². The summed E-state index contributed by atoms with van der Waals surface area (Å²) in [7, 11) is 0. The molecule has 0 spiro atoms. The summed E-state index contributed by atoms with van der Waals surface area (Å²) >= 11 is 5.84. The fourth-order valence-corrected chi connectivity index (χ4v) is 3.05. The number of nitrogens with one attached hydrogen (secondary N) is 1. The van der Waals surface area contributed by atoms with Crippen LogP contribution in [0.2, 0.25) is 5.02 Å². The molecule has 0 radical (unpaired) electrons. The Hall–Kier alpha value is -2.60. The summed E-state index contributed by atoms with van der Waals surface area (Å²) in [5, 5.41) is 3.70. The molecule has 1 N–H and O–H groups in total. The highest BCUT2D eigenvalue weighted by atomic mass is 35.5. The van der Waals surface area contributed by atoms with E-state index in [1.807, 2.05) is 20.8 Å². The van der Waals surface area contributed by atoms with Gasteiger partial charge in [-0.1, -0.05) is 11.6 Å². The first-order valence-electron chi connectivity index (χ1n) is 8.14. The average Bonchev–Trinajstić information content (AvgIpc) is 2.81. The van der Waals surface area contributed by atoms with Gasteiger partial charge in [0.15, 0.2) is 0 Å². The molecule has 0 aliphatic heterocycles. The highest BCUT2D eigenvalue weighted by Crippen LogP contribution is 2.20. The minimum Gasteiger partial charge on any atom is -0.324 e. The number of carbonyl (C=O) groups excluding carboxylic acids is 1. The molecule has 0 bridgehead atoms. The van der Waals surface area contributed by atoms with Gasteiger partial charge >= 0.3 is 0 Å². The second kappa shape index (κ2) is 6.61. The second-order valence-electron chi connectivity index (χ2n) is 7.06. The van der Waals surface area contributed by atoms with Crippen molar-refractivity contribution in [2.75, 3.05) is 5.32 Å². The van der Waals surface area contributed by atoms with Crippen LogP contribution >= 0.6 is 11.6 Å². The Balaban J connectivity index is 2.03. The standard InChI is InChI=1S/C19H19ClFN3O2/c1-19(2,3)24-18(26)15-9-6-13(21)10-16(15)23(24)11-17(25)22-14-7-4-12(20)5-8-14/h4-10H,11H2,1-3H3,(H,22,25). The Bertz CT molecular complexity index is 1030. The lowest BCUT2D eigenvalue weighted by molar-refractivity contribution is -0.117. The molecule has 0 aliphatic rings. The summed E-state index contributed by atoms with van der Waals surface area (Å²) in [6.07, 6.45) is 0. The Kier molecular flexibility index (Phi) is 4.63. The molecule has 0 unspecified atom stereocenters. The highest BCUT2D eigenvalue weighted by Gasteiger charge is 2.24. The monoisotopic (exact) mass is 375 g/mol. The number of nitrogens with zero attached hydrogens (tertiary/aromatic N) is 2. The molecule has 1 heterocycles. The van der Waals surface area contributed by atoms with Gasteiger partial charge in [-0.3, -0.25) is 14.3 Å². The molecule has 26 heavy (non-hydrogen) atoms. The first-order valence-corrected chi connectivity index (χ1v) is 8.51. The normalized spacial score (nSPS) is 11.7. The van der Waals surface area contributed by atoms with Gasteiger partial charge in [0.05, 0.1) is 16.4 Å². The highest BCUT2D eigenvalue weighted by molar-refractivity contribution is 6.30. The van der Waals surface area contributed by atoms with Crippen LogP contribution in [-0.4, -0.2) is 15.3 Å². The van der Waals surface area contributed by atoms with Gasteiger partial charge in [0.2, 0.25) is 5.91 Å². The molecule has 136 valence electrons. The van der Waals surface area contributed by atoms with Crippen molar-refractivity contribution in [3.05, 3.63) is 63.7 Å². The predicted octanol–water partition coefficient (Wildman–Crippen LogP) is 3.99. The van der Waals surface area contributed by atoms with Crippen molar-refractivity contribution >= 4 is 34.1 Å². The number of amides is 1. The van der Waals surface area contributed by atoms with Gasteiger partial charge in [-0.05, 0) is 63.2 Å². The van der Waals surface area contributed by atoms with Crippen LogP contribution in [0.15, 0.2) is 47.3 Å². The molecule has 0 atom stereocenters. The number of halogens is 2. The van der Waals surface area contributed by atoms with Crippen LogP contribution in [0.25, 0.3) is 10.9 Å². The predicted molar refractivity (Wildman–Crippen MR) is 101 cm³/mol. The van der Waals surface area contributed by atoms with Crippen molar-refractivity contribution < 1.29 is 9.18 Å². The third-order valence-corrected chi connectivity index (χ3v) is 4.21. The Morgan fingerprint density at radius 3 is 2.42 bits per heavy atom. The summed E-state index contributed by atoms with van der Waals surface area (Å²) in [6.45, 7) is 5.45. The summed E-state index contributed by atoms with van der Waals surface area (Å²) in [5.41, 5.74) is 0.141. The van der Waals surface area contributed by atoms with Crippen LogP contribution in [0.4, 0.5) is 10.1 Å². The molecule has 3 rings (SSSR count). The van der Waals surface area contributed by atoms with E-state index in [0.29, 0.717) is 21.6 Å². The van der Waals surface area contributed by atoms with E-state index in [-0.39, 0.29) is 18.0 Å². The fourth-order valence-electron chi connectivity index (χ4n) is 2.92. The zero-order valence-electron chi connectivity index (χ0n) is 14.7. The molecule has 1 amide bonds. The quantitative estimate of drug-likeness (QED) is 0.752. The van der Waals surface area contributed by atoms with E-state index in [0.717, 1.165) is 0 Å². The van der Waals surface area contributed by atoms with Gasteiger partial charge in [-0.15, -0.1) is 0 Å². The van der Waals surface area contributed by atoms with Crippen molar-refractivity contribution in [3.63, 3.8) is 0 Å². The number of benzene rings is 2. The second-order valence-corrected chi connectivity index (χ2v) is 7.50. The number of rotatable bonds is 3. The Morgan fingerprint density at radius 2 is 1.81 bits per heavy atom. The largest absolute Gasteiger partial charge is 0.324 e. The third-order valence-electron chi connectivity index (χ3n) is 3.96. The molecule has 5 nitrogen and oxygen atoms in total. The van der Waals surface area contributed by atoms with Crippen molar-refractivity contribution in [1.29, 1.82) is 0 Å². The van der Waals surface area contributed by atoms with Crippen molar-refractivity contribution in [2.24, 2.45) is 0 Å². The average molecular weight is 376 g/mol. The van der Waals surface area contributed by atoms with E-state index in [2.05, 4.69) is 5.32 Å². The maximum absolute atomic E-state index is 13.7. The van der Waals surface area contributed by atoms with Crippen molar-refractivity contribution in [3.8, 4) is 0 Å². The number of aromatic nitrogens is 2. The van der Waals surface area contributed by atoms with E-state index in [4.69, 9.17) is 11.6 Å². The van der Waals surface area contributed by atoms with Crippen LogP contribution in [-0.2, 0) is 16.9 Å². The molecular weight excluding hydrogens is 357 g/mol. The maximum Gasteiger partial charge on any atom is 0.275 e. The van der Waals surface area contributed by atoms with E-state index in [1.54, 1.807) is 24.3 Å². The Morgan fingerprint density at radius 1 is 1.15 bits per heavy atom. The van der Waals surface area contributed by atoms with Gasteiger partial charge in [0.25, 0.3) is 5.56 Å². The molecular formula is C19H19ClFN3O2. The first-order chi connectivity index (χ1) is 12.2. The number of anilines is 1. The van der Waals surface area contributed by atoms with Crippen LogP contribution in [0.5, 0.6) is 0 Å². The zero-order valence-corrected chi connectivity index (χ0v) is 15.5. The minimum absolute atomic E-state index is 0.123. The number of hydrogen-bond acceptors (Lipinski definition) is 2. The molecule has 7 heteroatoms. The number of carbonyl (C=O) groups is 1. The van der Waals surface area contributed by atoms with Crippen LogP contribution < -0.4 is 10.9 Å². The molecule has 0 aliphatic carbocycles. The summed E-state index contributed by atoms with van der Waals surface area (Å²) in [4.78, 5) is 25.3. The van der Waals surface area contributed by atoms with Gasteiger partial charge in [0, 0.05) is 10.7 Å². The number of fused-ring (bicyclic) bond motifs is 1. The van der Waals surface area contributed by atoms with Gasteiger partial charge in [-0.25, -0.2) is 9.07 Å². The van der Waals surface area contributed by atoms with Crippen molar-refractivity contribution in [1.82, 2.24) is 9.36 Å². The summed E-state index contributed by atoms with van der Waals surface area (Å²) in [6, 6.07) is 10.7. The molecule has 2 aromatic carbocycles. The first kappa shape index (κ1) is 18.2. The Labute approximate surface area is 155 Å². The van der Waals surface area contributed by atoms with E-state index >= 15 is 0 Å². The minimum atomic E-state index is -0.576. The van der Waals surface area contributed by atoms with E-state index < -0.39 is 11.4 Å². The maximum atomic E-state index is 13.7. The molecule has 1 aromatic heterocycles. The van der Waals surface area contributed by atoms with E-state index in [1.165, 1.54) is 27.6 Å². The summed E-state index contributed by atoms with van der Waals surface area (Å²) < 4.78 is 16.7. The summed E-state index contributed by atoms with van der Waals surface area (Å²) in [5.74, 6) is -0.790.